The second-order valence-corrected chi connectivity index (χ2v) is 6.97. The molecule has 1 heterocycles. The van der Waals surface area contributed by atoms with E-state index in [2.05, 4.69) is 10.6 Å². The Morgan fingerprint density at radius 1 is 1.14 bits per heavy atom. The molecule has 0 aliphatic carbocycles. The highest BCUT2D eigenvalue weighted by atomic mass is 16.2. The Labute approximate surface area is 128 Å². The smallest absolute Gasteiger partial charge is 0.225 e. The summed E-state index contributed by atoms with van der Waals surface area (Å²) >= 11 is 0. The maximum absolute atomic E-state index is 12.1. The number of piperidine rings is 1. The van der Waals surface area contributed by atoms with E-state index in [9.17, 15) is 9.59 Å². The molecule has 2 amide bonds. The number of nitrogens with one attached hydrogen (secondary N) is 2. The van der Waals surface area contributed by atoms with E-state index in [1.807, 2.05) is 32.7 Å². The van der Waals surface area contributed by atoms with Crippen LogP contribution in [0.3, 0.4) is 0 Å². The first-order valence-corrected chi connectivity index (χ1v) is 8.05. The Kier molecular flexibility index (Phi) is 7.15. The lowest BCUT2D eigenvalue weighted by molar-refractivity contribution is -0.133. The Morgan fingerprint density at radius 2 is 1.76 bits per heavy atom. The van der Waals surface area contributed by atoms with Crippen LogP contribution in [0.5, 0.6) is 0 Å². The van der Waals surface area contributed by atoms with Gasteiger partial charge in [-0.3, -0.25) is 9.59 Å². The molecule has 1 saturated heterocycles. The molecule has 5 nitrogen and oxygen atoms in total. The van der Waals surface area contributed by atoms with E-state index in [1.54, 1.807) is 0 Å². The molecule has 1 fully saturated rings. The third-order valence-corrected chi connectivity index (χ3v) is 4.08. The summed E-state index contributed by atoms with van der Waals surface area (Å²) < 4.78 is 0. The number of nitrogens with zero attached hydrogens (tertiary/aromatic N) is 1. The Morgan fingerprint density at radius 3 is 2.29 bits per heavy atom. The summed E-state index contributed by atoms with van der Waals surface area (Å²) in [6.45, 7) is 8.84. The molecular formula is C16H31N3O2. The molecule has 0 aromatic rings. The van der Waals surface area contributed by atoms with Crippen LogP contribution in [0.15, 0.2) is 0 Å². The van der Waals surface area contributed by atoms with Crippen LogP contribution in [-0.2, 0) is 9.59 Å². The lowest BCUT2D eigenvalue weighted by Crippen LogP contribution is -2.41. The molecule has 21 heavy (non-hydrogen) atoms. The van der Waals surface area contributed by atoms with Gasteiger partial charge in [0.15, 0.2) is 0 Å². The number of rotatable bonds is 6. The molecule has 2 N–H and O–H groups in total. The van der Waals surface area contributed by atoms with Gasteiger partial charge in [-0.15, -0.1) is 0 Å². The van der Waals surface area contributed by atoms with Gasteiger partial charge in [0.05, 0.1) is 0 Å². The zero-order valence-electron chi connectivity index (χ0n) is 14.0. The number of hydrogen-bond donors (Lipinski definition) is 2. The molecule has 122 valence electrons. The molecule has 1 aliphatic rings. The lowest BCUT2D eigenvalue weighted by atomic mass is 9.93. The predicted molar refractivity (Wildman–Crippen MR) is 84.9 cm³/mol. The van der Waals surface area contributed by atoms with Gasteiger partial charge >= 0.3 is 0 Å². The molecule has 0 radical (unpaired) electrons. The van der Waals surface area contributed by atoms with Gasteiger partial charge in [0.1, 0.15) is 0 Å². The van der Waals surface area contributed by atoms with Gasteiger partial charge in [-0.05, 0) is 38.8 Å². The first kappa shape index (κ1) is 18.0. The SMILES string of the molecule is CNCCC1CCN(C(=O)CCNC(=O)C(C)(C)C)CC1. The summed E-state index contributed by atoms with van der Waals surface area (Å²) in [4.78, 5) is 25.8. The number of amides is 2. The van der Waals surface area contributed by atoms with E-state index < -0.39 is 5.41 Å². The fourth-order valence-corrected chi connectivity index (χ4v) is 2.53. The number of hydrogen-bond acceptors (Lipinski definition) is 3. The summed E-state index contributed by atoms with van der Waals surface area (Å²) in [5, 5.41) is 6.01. The number of carbonyl (C=O) groups is 2. The van der Waals surface area contributed by atoms with Crippen molar-refractivity contribution in [3.05, 3.63) is 0 Å². The van der Waals surface area contributed by atoms with Crippen molar-refractivity contribution in [2.45, 2.75) is 46.5 Å². The van der Waals surface area contributed by atoms with Crippen LogP contribution in [0.25, 0.3) is 0 Å². The normalized spacial score (nSPS) is 16.9. The molecule has 0 bridgehead atoms. The van der Waals surface area contributed by atoms with Crippen molar-refractivity contribution in [2.75, 3.05) is 33.2 Å². The molecule has 0 atom stereocenters. The van der Waals surface area contributed by atoms with E-state index in [4.69, 9.17) is 0 Å². The van der Waals surface area contributed by atoms with Crippen LogP contribution in [0.2, 0.25) is 0 Å². The molecule has 1 aliphatic heterocycles. The number of carbonyl (C=O) groups excluding carboxylic acids is 2. The van der Waals surface area contributed by atoms with Crippen molar-refractivity contribution < 1.29 is 9.59 Å². The maximum Gasteiger partial charge on any atom is 0.225 e. The van der Waals surface area contributed by atoms with Gasteiger partial charge < -0.3 is 15.5 Å². The van der Waals surface area contributed by atoms with Gasteiger partial charge in [-0.2, -0.15) is 0 Å². The minimum atomic E-state index is -0.394. The molecule has 0 aromatic carbocycles. The second kappa shape index (κ2) is 8.37. The molecular weight excluding hydrogens is 266 g/mol. The minimum Gasteiger partial charge on any atom is -0.355 e. The van der Waals surface area contributed by atoms with Crippen molar-refractivity contribution in [3.8, 4) is 0 Å². The highest BCUT2D eigenvalue weighted by Gasteiger charge is 2.23. The van der Waals surface area contributed by atoms with Gasteiger partial charge in [0.25, 0.3) is 0 Å². The van der Waals surface area contributed by atoms with Crippen molar-refractivity contribution in [1.29, 1.82) is 0 Å². The fourth-order valence-electron chi connectivity index (χ4n) is 2.53. The molecule has 5 heteroatoms. The molecule has 0 saturated carbocycles. The average Bonchev–Trinajstić information content (AvgIpc) is 2.44. The third kappa shape index (κ3) is 6.46. The van der Waals surface area contributed by atoms with Gasteiger partial charge in [-0.1, -0.05) is 20.8 Å². The highest BCUT2D eigenvalue weighted by Crippen LogP contribution is 2.20. The Balaban J connectivity index is 2.21. The van der Waals surface area contributed by atoms with Crippen LogP contribution < -0.4 is 10.6 Å². The van der Waals surface area contributed by atoms with E-state index in [-0.39, 0.29) is 11.8 Å². The summed E-state index contributed by atoms with van der Waals surface area (Å²) in [7, 11) is 1.98. The molecule has 0 aromatic heterocycles. The van der Waals surface area contributed by atoms with Crippen LogP contribution in [0, 0.1) is 11.3 Å². The largest absolute Gasteiger partial charge is 0.355 e. The van der Waals surface area contributed by atoms with Crippen molar-refractivity contribution >= 4 is 11.8 Å². The van der Waals surface area contributed by atoms with Crippen molar-refractivity contribution in [2.24, 2.45) is 11.3 Å². The molecule has 1 rings (SSSR count). The highest BCUT2D eigenvalue weighted by molar-refractivity contribution is 5.82. The Hall–Kier alpha value is -1.10. The van der Waals surface area contributed by atoms with Gasteiger partial charge in [-0.25, -0.2) is 0 Å². The van der Waals surface area contributed by atoms with Crippen LogP contribution in [0.1, 0.15) is 46.5 Å². The monoisotopic (exact) mass is 297 g/mol. The number of likely N-dealkylation sites (tertiary alicyclic amines) is 1. The first-order chi connectivity index (χ1) is 9.84. The lowest BCUT2D eigenvalue weighted by Gasteiger charge is -2.32. The van der Waals surface area contributed by atoms with E-state index >= 15 is 0 Å². The van der Waals surface area contributed by atoms with Gasteiger partial charge in [0, 0.05) is 31.5 Å². The van der Waals surface area contributed by atoms with Crippen LogP contribution in [0.4, 0.5) is 0 Å². The summed E-state index contributed by atoms with van der Waals surface area (Å²) in [5.41, 5.74) is -0.394. The second-order valence-electron chi connectivity index (χ2n) is 6.97. The quantitative estimate of drug-likeness (QED) is 0.779. The average molecular weight is 297 g/mol. The van der Waals surface area contributed by atoms with E-state index in [0.29, 0.717) is 13.0 Å². The van der Waals surface area contributed by atoms with Crippen molar-refractivity contribution in [3.63, 3.8) is 0 Å². The van der Waals surface area contributed by atoms with Crippen LogP contribution in [-0.4, -0.2) is 49.9 Å². The summed E-state index contributed by atoms with van der Waals surface area (Å²) in [6.07, 6.45) is 3.80. The topological polar surface area (TPSA) is 61.4 Å². The minimum absolute atomic E-state index is 0.000994. The van der Waals surface area contributed by atoms with Crippen molar-refractivity contribution in [1.82, 2.24) is 15.5 Å². The third-order valence-electron chi connectivity index (χ3n) is 4.08. The maximum atomic E-state index is 12.1. The summed E-state index contributed by atoms with van der Waals surface area (Å²) in [6, 6.07) is 0. The zero-order valence-corrected chi connectivity index (χ0v) is 14.0. The molecule has 0 unspecified atom stereocenters. The Bertz CT molecular complexity index is 342. The zero-order chi connectivity index (χ0) is 15.9. The van der Waals surface area contributed by atoms with Gasteiger partial charge in [0.2, 0.25) is 11.8 Å². The van der Waals surface area contributed by atoms with E-state index in [0.717, 1.165) is 38.4 Å². The molecule has 0 spiro atoms. The van der Waals surface area contributed by atoms with Crippen LogP contribution >= 0.6 is 0 Å². The van der Waals surface area contributed by atoms with E-state index in [1.165, 1.54) is 6.42 Å². The standard InChI is InChI=1S/C16H31N3O2/c1-16(2,3)15(21)18-10-6-14(20)19-11-7-13(8-12-19)5-9-17-4/h13,17H,5-12H2,1-4H3,(H,18,21). The predicted octanol–water partition coefficient (Wildman–Crippen LogP) is 1.39. The first-order valence-electron chi connectivity index (χ1n) is 8.05. The summed E-state index contributed by atoms with van der Waals surface area (Å²) in [5.74, 6) is 0.902. The fraction of sp³-hybridized carbons (Fsp3) is 0.875.